The molecule has 0 saturated heterocycles. The summed E-state index contributed by atoms with van der Waals surface area (Å²) in [5.74, 6) is 2.15. The first-order valence-corrected chi connectivity index (χ1v) is 7.53. The highest BCUT2D eigenvalue weighted by Gasteiger charge is 2.25. The van der Waals surface area contributed by atoms with E-state index in [1.54, 1.807) is 12.3 Å². The molecule has 0 fully saturated rings. The molecular formula is C17H20N2O4. The van der Waals surface area contributed by atoms with Crippen LogP contribution in [0.4, 0.5) is 4.79 Å². The van der Waals surface area contributed by atoms with Gasteiger partial charge in [-0.15, -0.1) is 0 Å². The van der Waals surface area contributed by atoms with E-state index >= 15 is 0 Å². The van der Waals surface area contributed by atoms with Gasteiger partial charge in [-0.05, 0) is 43.7 Å². The van der Waals surface area contributed by atoms with Crippen LogP contribution in [0.5, 0.6) is 11.5 Å². The molecule has 1 aromatic carbocycles. The van der Waals surface area contributed by atoms with E-state index < -0.39 is 5.54 Å². The zero-order valence-corrected chi connectivity index (χ0v) is 13.2. The van der Waals surface area contributed by atoms with Crippen molar-refractivity contribution < 1.29 is 18.7 Å². The molecule has 0 aliphatic carbocycles. The SMILES string of the molecule is CC(C)(NC(=O)NCc1ccco1)c1ccc2c(c1)OCCO2. The third-order valence-corrected chi connectivity index (χ3v) is 3.69. The molecule has 0 spiro atoms. The van der Waals surface area contributed by atoms with E-state index in [-0.39, 0.29) is 6.03 Å². The number of nitrogens with one attached hydrogen (secondary N) is 2. The monoisotopic (exact) mass is 316 g/mol. The average Bonchev–Trinajstić information content (AvgIpc) is 3.05. The first-order valence-electron chi connectivity index (χ1n) is 7.53. The summed E-state index contributed by atoms with van der Waals surface area (Å²) in [6.45, 7) is 5.31. The predicted octanol–water partition coefficient (Wildman–Crippen LogP) is 2.79. The second-order valence-corrected chi connectivity index (χ2v) is 5.87. The highest BCUT2D eigenvalue weighted by atomic mass is 16.6. The van der Waals surface area contributed by atoms with Crippen molar-refractivity contribution in [3.05, 3.63) is 47.9 Å². The summed E-state index contributed by atoms with van der Waals surface area (Å²) in [5, 5.41) is 5.73. The first kappa shape index (κ1) is 15.3. The lowest BCUT2D eigenvalue weighted by atomic mass is 9.94. The van der Waals surface area contributed by atoms with Gasteiger partial charge in [-0.3, -0.25) is 0 Å². The van der Waals surface area contributed by atoms with Gasteiger partial charge < -0.3 is 24.5 Å². The lowest BCUT2D eigenvalue weighted by Gasteiger charge is -2.28. The zero-order valence-electron chi connectivity index (χ0n) is 13.2. The van der Waals surface area contributed by atoms with Crippen LogP contribution in [-0.2, 0) is 12.1 Å². The van der Waals surface area contributed by atoms with Gasteiger partial charge in [0.1, 0.15) is 19.0 Å². The van der Waals surface area contributed by atoms with Crippen LogP contribution in [-0.4, -0.2) is 19.2 Å². The van der Waals surface area contributed by atoms with Gasteiger partial charge in [0.25, 0.3) is 0 Å². The normalized spacial score (nSPS) is 13.5. The van der Waals surface area contributed by atoms with Gasteiger partial charge in [-0.25, -0.2) is 4.79 Å². The highest BCUT2D eigenvalue weighted by molar-refractivity contribution is 5.75. The van der Waals surface area contributed by atoms with E-state index in [4.69, 9.17) is 13.9 Å². The topological polar surface area (TPSA) is 72.7 Å². The van der Waals surface area contributed by atoms with Crippen molar-refractivity contribution in [2.45, 2.75) is 25.9 Å². The minimum atomic E-state index is -0.552. The zero-order chi connectivity index (χ0) is 16.3. The van der Waals surface area contributed by atoms with Crippen molar-refractivity contribution >= 4 is 6.03 Å². The van der Waals surface area contributed by atoms with Gasteiger partial charge >= 0.3 is 6.03 Å². The Labute approximate surface area is 134 Å². The van der Waals surface area contributed by atoms with Crippen LogP contribution in [0, 0.1) is 0 Å². The van der Waals surface area contributed by atoms with Crippen LogP contribution in [0.1, 0.15) is 25.2 Å². The molecule has 2 N–H and O–H groups in total. The lowest BCUT2D eigenvalue weighted by Crippen LogP contribution is -2.46. The summed E-state index contributed by atoms with van der Waals surface area (Å²) in [5.41, 5.74) is 0.387. The maximum Gasteiger partial charge on any atom is 0.315 e. The Hall–Kier alpha value is -2.63. The summed E-state index contributed by atoms with van der Waals surface area (Å²) in [7, 11) is 0. The Morgan fingerprint density at radius 2 is 1.96 bits per heavy atom. The Kier molecular flexibility index (Phi) is 4.14. The number of ether oxygens (including phenoxy) is 2. The van der Waals surface area contributed by atoms with E-state index in [9.17, 15) is 4.79 Å². The minimum Gasteiger partial charge on any atom is -0.486 e. The first-order chi connectivity index (χ1) is 11.0. The fourth-order valence-corrected chi connectivity index (χ4v) is 2.41. The van der Waals surface area contributed by atoms with E-state index in [0.29, 0.717) is 31.3 Å². The fourth-order valence-electron chi connectivity index (χ4n) is 2.41. The molecular weight excluding hydrogens is 296 g/mol. The number of rotatable bonds is 4. The van der Waals surface area contributed by atoms with E-state index in [2.05, 4.69) is 10.6 Å². The molecule has 3 rings (SSSR count). The fraction of sp³-hybridized carbons (Fsp3) is 0.353. The third kappa shape index (κ3) is 3.59. The van der Waals surface area contributed by atoms with Gasteiger partial charge in [0, 0.05) is 0 Å². The lowest BCUT2D eigenvalue weighted by molar-refractivity contribution is 0.171. The molecule has 0 unspecified atom stereocenters. The molecule has 6 heteroatoms. The largest absolute Gasteiger partial charge is 0.486 e. The van der Waals surface area contributed by atoms with Crippen molar-refractivity contribution in [1.29, 1.82) is 0 Å². The summed E-state index contributed by atoms with van der Waals surface area (Å²) >= 11 is 0. The second kappa shape index (κ2) is 6.24. The van der Waals surface area contributed by atoms with Gasteiger partial charge in [-0.1, -0.05) is 6.07 Å². The van der Waals surface area contributed by atoms with Crippen LogP contribution >= 0.6 is 0 Å². The molecule has 1 aromatic heterocycles. The van der Waals surface area contributed by atoms with Crippen LogP contribution in [0.3, 0.4) is 0 Å². The maximum atomic E-state index is 12.1. The predicted molar refractivity (Wildman–Crippen MR) is 84.5 cm³/mol. The van der Waals surface area contributed by atoms with Gasteiger partial charge in [-0.2, -0.15) is 0 Å². The summed E-state index contributed by atoms with van der Waals surface area (Å²) in [4.78, 5) is 12.1. The number of fused-ring (bicyclic) bond motifs is 1. The Balaban J connectivity index is 1.64. The van der Waals surface area contributed by atoms with Crippen LogP contribution < -0.4 is 20.1 Å². The summed E-state index contributed by atoms with van der Waals surface area (Å²) < 4.78 is 16.3. The smallest absolute Gasteiger partial charge is 0.315 e. The van der Waals surface area contributed by atoms with Crippen molar-refractivity contribution in [3.63, 3.8) is 0 Å². The maximum absolute atomic E-state index is 12.1. The second-order valence-electron chi connectivity index (χ2n) is 5.87. The number of amides is 2. The number of urea groups is 1. The standard InChI is InChI=1S/C17H20N2O4/c1-17(2,19-16(20)18-11-13-4-3-7-21-13)12-5-6-14-15(10-12)23-9-8-22-14/h3-7,10H,8-9,11H2,1-2H3,(H2,18,19,20). The molecule has 0 saturated carbocycles. The molecule has 0 atom stereocenters. The molecule has 23 heavy (non-hydrogen) atoms. The molecule has 6 nitrogen and oxygen atoms in total. The van der Waals surface area contributed by atoms with Gasteiger partial charge in [0.05, 0.1) is 18.3 Å². The van der Waals surface area contributed by atoms with Crippen LogP contribution in [0.2, 0.25) is 0 Å². The Morgan fingerprint density at radius 3 is 2.70 bits per heavy atom. The molecule has 122 valence electrons. The van der Waals surface area contributed by atoms with Crippen molar-refractivity contribution in [3.8, 4) is 11.5 Å². The average molecular weight is 316 g/mol. The van der Waals surface area contributed by atoms with E-state index in [1.807, 2.05) is 38.1 Å². The molecule has 2 amide bonds. The Morgan fingerprint density at radius 1 is 1.17 bits per heavy atom. The molecule has 1 aliphatic rings. The number of benzene rings is 1. The summed E-state index contributed by atoms with van der Waals surface area (Å²) in [6, 6.07) is 9.04. The quantitative estimate of drug-likeness (QED) is 0.910. The Bertz CT molecular complexity index is 680. The number of hydrogen-bond donors (Lipinski definition) is 2. The number of hydrogen-bond acceptors (Lipinski definition) is 4. The van der Waals surface area contributed by atoms with Crippen molar-refractivity contribution in [2.24, 2.45) is 0 Å². The van der Waals surface area contributed by atoms with Gasteiger partial charge in [0.15, 0.2) is 11.5 Å². The summed E-state index contributed by atoms with van der Waals surface area (Å²) in [6.07, 6.45) is 1.58. The minimum absolute atomic E-state index is 0.263. The molecule has 2 heterocycles. The van der Waals surface area contributed by atoms with Crippen LogP contribution in [0.15, 0.2) is 41.0 Å². The molecule has 1 aliphatic heterocycles. The molecule has 0 bridgehead atoms. The third-order valence-electron chi connectivity index (χ3n) is 3.69. The van der Waals surface area contributed by atoms with Crippen molar-refractivity contribution in [1.82, 2.24) is 10.6 Å². The van der Waals surface area contributed by atoms with Crippen LogP contribution in [0.25, 0.3) is 0 Å². The van der Waals surface area contributed by atoms with Crippen molar-refractivity contribution in [2.75, 3.05) is 13.2 Å². The number of carbonyl (C=O) groups is 1. The number of furan rings is 1. The highest BCUT2D eigenvalue weighted by Crippen LogP contribution is 2.34. The number of carbonyl (C=O) groups excluding carboxylic acids is 1. The molecule has 0 radical (unpaired) electrons. The van der Waals surface area contributed by atoms with E-state index in [1.165, 1.54) is 0 Å². The van der Waals surface area contributed by atoms with E-state index in [0.717, 1.165) is 11.3 Å². The van der Waals surface area contributed by atoms with Gasteiger partial charge in [0.2, 0.25) is 0 Å². The molecule has 2 aromatic rings.